The van der Waals surface area contributed by atoms with Crippen LogP contribution in [0.2, 0.25) is 5.02 Å². The highest BCUT2D eigenvalue weighted by Gasteiger charge is 2.24. The third kappa shape index (κ3) is 4.96. The molecular weight excluding hydrogens is 324 g/mol. The van der Waals surface area contributed by atoms with Crippen molar-refractivity contribution >= 4 is 29.3 Å². The van der Waals surface area contributed by atoms with Crippen molar-refractivity contribution in [1.82, 2.24) is 0 Å². The van der Waals surface area contributed by atoms with Crippen LogP contribution in [0.3, 0.4) is 0 Å². The first-order chi connectivity index (χ1) is 11.0. The molecule has 0 aliphatic carbocycles. The van der Waals surface area contributed by atoms with Gasteiger partial charge in [-0.15, -0.1) is 0 Å². The summed E-state index contributed by atoms with van der Waals surface area (Å²) in [5.74, 6) is -0.486. The summed E-state index contributed by atoms with van der Waals surface area (Å²) in [4.78, 5) is 34.6. The second-order valence-corrected chi connectivity index (χ2v) is 5.51. The third-order valence-corrected chi connectivity index (χ3v) is 3.74. The smallest absolute Gasteiger partial charge is 0.306 e. The van der Waals surface area contributed by atoms with Gasteiger partial charge in [-0.1, -0.05) is 11.6 Å². The molecule has 1 unspecified atom stereocenters. The van der Waals surface area contributed by atoms with Crippen LogP contribution in [0.25, 0.3) is 0 Å². The Morgan fingerprint density at radius 1 is 1.35 bits per heavy atom. The quantitative estimate of drug-likeness (QED) is 0.560. The van der Waals surface area contributed by atoms with Gasteiger partial charge in [0.1, 0.15) is 18.5 Å². The molecule has 1 aliphatic heterocycles. The van der Waals surface area contributed by atoms with Gasteiger partial charge in [-0.2, -0.15) is 0 Å². The Balaban J connectivity index is 1.77. The van der Waals surface area contributed by atoms with Crippen LogP contribution in [0.5, 0.6) is 5.75 Å². The second kappa shape index (κ2) is 7.97. The zero-order valence-corrected chi connectivity index (χ0v) is 13.4. The van der Waals surface area contributed by atoms with Gasteiger partial charge in [0, 0.05) is 18.4 Å². The summed E-state index contributed by atoms with van der Waals surface area (Å²) < 4.78 is 14.9. The lowest BCUT2D eigenvalue weighted by atomic mass is 10.1. The molecule has 0 saturated carbocycles. The standard InChI is InChI=1S/C16H17ClO6/c1-21-10-2-4-12(13(17)8-10)14(18)5-7-15(19)22-9-11-3-6-16(20)23-11/h2,4,8,11H,3,5-7,9H2,1H3. The van der Waals surface area contributed by atoms with E-state index in [0.717, 1.165) is 0 Å². The Labute approximate surface area is 138 Å². The van der Waals surface area contributed by atoms with E-state index >= 15 is 0 Å². The Morgan fingerprint density at radius 3 is 2.74 bits per heavy atom. The van der Waals surface area contributed by atoms with Gasteiger partial charge in [0.15, 0.2) is 5.78 Å². The minimum Gasteiger partial charge on any atom is -0.497 e. The minimum atomic E-state index is -0.508. The summed E-state index contributed by atoms with van der Waals surface area (Å²) in [7, 11) is 1.50. The lowest BCUT2D eigenvalue weighted by Gasteiger charge is -2.10. The molecule has 23 heavy (non-hydrogen) atoms. The molecule has 0 radical (unpaired) electrons. The Kier molecular flexibility index (Phi) is 5.98. The van der Waals surface area contributed by atoms with Gasteiger partial charge in [-0.3, -0.25) is 14.4 Å². The maximum Gasteiger partial charge on any atom is 0.306 e. The molecule has 1 fully saturated rings. The van der Waals surface area contributed by atoms with Crippen LogP contribution in [-0.2, 0) is 19.1 Å². The maximum absolute atomic E-state index is 12.1. The summed E-state index contributed by atoms with van der Waals surface area (Å²) >= 11 is 6.01. The van der Waals surface area contributed by atoms with Crippen molar-refractivity contribution in [3.05, 3.63) is 28.8 Å². The first-order valence-corrected chi connectivity index (χ1v) is 7.59. The SMILES string of the molecule is COc1ccc(C(=O)CCC(=O)OCC2CCC(=O)O2)c(Cl)c1. The average Bonchev–Trinajstić information content (AvgIpc) is 2.96. The maximum atomic E-state index is 12.1. The molecule has 0 amide bonds. The van der Waals surface area contributed by atoms with Gasteiger partial charge in [-0.25, -0.2) is 0 Å². The molecule has 0 bridgehead atoms. The van der Waals surface area contributed by atoms with Crippen molar-refractivity contribution < 1.29 is 28.6 Å². The van der Waals surface area contributed by atoms with Crippen LogP contribution in [0.15, 0.2) is 18.2 Å². The molecule has 124 valence electrons. The molecular formula is C16H17ClO6. The van der Waals surface area contributed by atoms with Crippen LogP contribution >= 0.6 is 11.6 Å². The summed E-state index contributed by atoms with van der Waals surface area (Å²) in [6.45, 7) is 0.0298. The van der Waals surface area contributed by atoms with Crippen molar-refractivity contribution in [3.63, 3.8) is 0 Å². The highest BCUT2D eigenvalue weighted by atomic mass is 35.5. The molecule has 1 aromatic rings. The van der Waals surface area contributed by atoms with Gasteiger partial charge in [0.25, 0.3) is 0 Å². The number of carbonyl (C=O) groups excluding carboxylic acids is 3. The number of methoxy groups -OCH3 is 1. The number of halogens is 1. The topological polar surface area (TPSA) is 78.9 Å². The predicted octanol–water partition coefficient (Wildman–Crippen LogP) is 2.56. The van der Waals surface area contributed by atoms with Crippen molar-refractivity contribution in [1.29, 1.82) is 0 Å². The third-order valence-electron chi connectivity index (χ3n) is 3.43. The van der Waals surface area contributed by atoms with Crippen molar-refractivity contribution in [2.24, 2.45) is 0 Å². The number of cyclic esters (lactones) is 1. The van der Waals surface area contributed by atoms with Gasteiger partial charge in [-0.05, 0) is 24.6 Å². The lowest BCUT2D eigenvalue weighted by molar-refractivity contribution is -0.152. The van der Waals surface area contributed by atoms with Crippen LogP contribution < -0.4 is 4.74 Å². The first-order valence-electron chi connectivity index (χ1n) is 7.21. The average molecular weight is 341 g/mol. The van der Waals surface area contributed by atoms with Crippen LogP contribution in [0.1, 0.15) is 36.0 Å². The fourth-order valence-electron chi connectivity index (χ4n) is 2.16. The highest BCUT2D eigenvalue weighted by Crippen LogP contribution is 2.24. The fraction of sp³-hybridized carbons (Fsp3) is 0.438. The number of ketones is 1. The van der Waals surface area contributed by atoms with Crippen molar-refractivity contribution in [2.75, 3.05) is 13.7 Å². The van der Waals surface area contributed by atoms with E-state index in [9.17, 15) is 14.4 Å². The van der Waals surface area contributed by atoms with Gasteiger partial charge < -0.3 is 14.2 Å². The van der Waals surface area contributed by atoms with Crippen molar-refractivity contribution in [2.45, 2.75) is 31.8 Å². The number of ether oxygens (including phenoxy) is 3. The van der Waals surface area contributed by atoms with E-state index < -0.39 is 5.97 Å². The molecule has 0 N–H and O–H groups in total. The zero-order valence-electron chi connectivity index (χ0n) is 12.7. The Hall–Kier alpha value is -2.08. The van der Waals surface area contributed by atoms with E-state index in [1.165, 1.54) is 7.11 Å². The van der Waals surface area contributed by atoms with Crippen LogP contribution in [0.4, 0.5) is 0 Å². The second-order valence-electron chi connectivity index (χ2n) is 5.10. The monoisotopic (exact) mass is 340 g/mol. The molecule has 7 heteroatoms. The molecule has 0 aromatic heterocycles. The Morgan fingerprint density at radius 2 is 2.13 bits per heavy atom. The number of hydrogen-bond donors (Lipinski definition) is 0. The Bertz CT molecular complexity index is 613. The number of Topliss-reactive ketones (excluding diaryl/α,β-unsaturated/α-hetero) is 1. The zero-order chi connectivity index (χ0) is 16.8. The van der Waals surface area contributed by atoms with E-state index in [1.807, 2.05) is 0 Å². The molecule has 1 heterocycles. The number of rotatable bonds is 7. The van der Waals surface area contributed by atoms with Crippen LogP contribution in [0, 0.1) is 0 Å². The molecule has 2 rings (SSSR count). The van der Waals surface area contributed by atoms with Crippen LogP contribution in [-0.4, -0.2) is 37.5 Å². The normalized spacial score (nSPS) is 16.8. The minimum absolute atomic E-state index is 0.00463. The van der Waals surface area contributed by atoms with E-state index in [1.54, 1.807) is 18.2 Å². The summed E-state index contributed by atoms with van der Waals surface area (Å²) in [6.07, 6.45) is 0.457. The van der Waals surface area contributed by atoms with Gasteiger partial charge >= 0.3 is 11.9 Å². The summed E-state index contributed by atoms with van der Waals surface area (Å²) in [5.41, 5.74) is 0.338. The number of carbonyl (C=O) groups is 3. The number of hydrogen-bond acceptors (Lipinski definition) is 6. The molecule has 0 spiro atoms. The molecule has 1 atom stereocenters. The van der Waals surface area contributed by atoms with E-state index in [0.29, 0.717) is 24.2 Å². The largest absolute Gasteiger partial charge is 0.497 e. The first kappa shape index (κ1) is 17.3. The highest BCUT2D eigenvalue weighted by molar-refractivity contribution is 6.34. The molecule has 1 aliphatic rings. The molecule has 1 saturated heterocycles. The predicted molar refractivity (Wildman–Crippen MR) is 81.6 cm³/mol. The number of benzene rings is 1. The molecule has 6 nitrogen and oxygen atoms in total. The summed E-state index contributed by atoms with van der Waals surface area (Å²) in [5, 5.41) is 0.278. The lowest BCUT2D eigenvalue weighted by Crippen LogP contribution is -2.19. The van der Waals surface area contributed by atoms with Gasteiger partial charge in [0.2, 0.25) is 0 Å². The molecule has 1 aromatic carbocycles. The van der Waals surface area contributed by atoms with E-state index in [-0.39, 0.29) is 42.3 Å². The van der Waals surface area contributed by atoms with Crippen molar-refractivity contribution in [3.8, 4) is 5.75 Å². The number of esters is 2. The van der Waals surface area contributed by atoms with E-state index in [2.05, 4.69) is 0 Å². The summed E-state index contributed by atoms with van der Waals surface area (Å²) in [6, 6.07) is 4.74. The fourth-order valence-corrected chi connectivity index (χ4v) is 2.43. The van der Waals surface area contributed by atoms with E-state index in [4.69, 9.17) is 25.8 Å². The van der Waals surface area contributed by atoms with Gasteiger partial charge in [0.05, 0.1) is 18.6 Å².